The molecule has 2 amide bonds. The van der Waals surface area contributed by atoms with E-state index in [1.807, 2.05) is 4.90 Å². The van der Waals surface area contributed by atoms with E-state index in [2.05, 4.69) is 15.4 Å². The van der Waals surface area contributed by atoms with Gasteiger partial charge < -0.3 is 14.4 Å². The van der Waals surface area contributed by atoms with Gasteiger partial charge in [0.2, 0.25) is 5.96 Å². The van der Waals surface area contributed by atoms with Crippen LogP contribution >= 0.6 is 0 Å². The predicted molar refractivity (Wildman–Crippen MR) is 112 cm³/mol. The SMILES string of the molecule is CCOC(=O)NC(=Nc1ccc(C(=O)N2CCCC2)cc1)n1cc(C(=O)OCC)cn1. The van der Waals surface area contributed by atoms with Gasteiger partial charge >= 0.3 is 12.1 Å². The second-order valence-corrected chi connectivity index (χ2v) is 6.72. The van der Waals surface area contributed by atoms with Crippen molar-refractivity contribution in [3.63, 3.8) is 0 Å². The summed E-state index contributed by atoms with van der Waals surface area (Å²) >= 11 is 0. The fraction of sp³-hybridized carbons (Fsp3) is 0.381. The van der Waals surface area contributed by atoms with Crippen LogP contribution in [-0.4, -0.2) is 64.9 Å². The molecule has 1 aliphatic rings. The van der Waals surface area contributed by atoms with E-state index in [-0.39, 0.29) is 30.6 Å². The number of alkyl carbamates (subject to hydrolysis) is 1. The molecule has 0 bridgehead atoms. The fourth-order valence-electron chi connectivity index (χ4n) is 3.06. The van der Waals surface area contributed by atoms with Crippen molar-refractivity contribution < 1.29 is 23.9 Å². The van der Waals surface area contributed by atoms with Crippen LogP contribution in [0.2, 0.25) is 0 Å². The van der Waals surface area contributed by atoms with E-state index in [0.717, 1.165) is 25.9 Å². The Hall–Kier alpha value is -3.69. The first-order valence-electron chi connectivity index (χ1n) is 10.2. The van der Waals surface area contributed by atoms with E-state index in [1.165, 1.54) is 17.1 Å². The van der Waals surface area contributed by atoms with Crippen LogP contribution in [-0.2, 0) is 9.47 Å². The summed E-state index contributed by atoms with van der Waals surface area (Å²) in [7, 11) is 0. The lowest BCUT2D eigenvalue weighted by molar-refractivity contribution is 0.0526. The zero-order chi connectivity index (χ0) is 22.2. The largest absolute Gasteiger partial charge is 0.462 e. The highest BCUT2D eigenvalue weighted by molar-refractivity contribution is 5.98. The Labute approximate surface area is 179 Å². The van der Waals surface area contributed by atoms with E-state index < -0.39 is 12.1 Å². The van der Waals surface area contributed by atoms with Gasteiger partial charge in [0.15, 0.2) is 0 Å². The number of hydrogen-bond donors (Lipinski definition) is 1. The number of aliphatic imine (C=N–C) groups is 1. The lowest BCUT2D eigenvalue weighted by Gasteiger charge is -2.15. The minimum absolute atomic E-state index is 0.0101. The summed E-state index contributed by atoms with van der Waals surface area (Å²) in [6.07, 6.45) is 4.05. The smallest absolute Gasteiger partial charge is 0.414 e. The first kappa shape index (κ1) is 22.0. The van der Waals surface area contributed by atoms with Gasteiger partial charge in [-0.2, -0.15) is 5.10 Å². The molecule has 164 valence electrons. The third-order valence-corrected chi connectivity index (χ3v) is 4.54. The quantitative estimate of drug-likeness (QED) is 0.446. The maximum absolute atomic E-state index is 12.5. The molecule has 1 aliphatic heterocycles. The number of ether oxygens (including phenoxy) is 2. The number of likely N-dealkylation sites (tertiary alicyclic amines) is 1. The van der Waals surface area contributed by atoms with Gasteiger partial charge in [-0.3, -0.25) is 10.1 Å². The number of hydrogen-bond acceptors (Lipinski definition) is 7. The zero-order valence-corrected chi connectivity index (χ0v) is 17.5. The standard InChI is InChI=1S/C21H25N5O5/c1-3-30-19(28)16-13-22-26(14-16)20(24-21(29)31-4-2)23-17-9-7-15(8-10-17)18(27)25-11-5-6-12-25/h7-10,13-14H,3-6,11-12H2,1-2H3,(H,23,24,29). The maximum atomic E-state index is 12.5. The van der Waals surface area contributed by atoms with Crippen LogP contribution in [0.4, 0.5) is 10.5 Å². The Bertz CT molecular complexity index is 961. The molecule has 1 saturated heterocycles. The summed E-state index contributed by atoms with van der Waals surface area (Å²) in [5, 5.41) is 6.59. The molecular formula is C21H25N5O5. The van der Waals surface area contributed by atoms with Crippen LogP contribution in [0.15, 0.2) is 41.7 Å². The van der Waals surface area contributed by atoms with Gasteiger partial charge in [-0.05, 0) is 51.0 Å². The topological polar surface area (TPSA) is 115 Å². The van der Waals surface area contributed by atoms with Crippen molar-refractivity contribution in [2.24, 2.45) is 4.99 Å². The molecule has 0 atom stereocenters. The average molecular weight is 427 g/mol. The van der Waals surface area contributed by atoms with Crippen LogP contribution in [0, 0.1) is 0 Å². The lowest BCUT2D eigenvalue weighted by atomic mass is 10.2. The maximum Gasteiger partial charge on any atom is 0.414 e. The highest BCUT2D eigenvalue weighted by atomic mass is 16.5. The summed E-state index contributed by atoms with van der Waals surface area (Å²) in [5.74, 6) is -0.509. The number of aromatic nitrogens is 2. The Morgan fingerprint density at radius 3 is 2.35 bits per heavy atom. The Morgan fingerprint density at radius 1 is 1.03 bits per heavy atom. The summed E-state index contributed by atoms with van der Waals surface area (Å²) in [6.45, 7) is 5.34. The molecule has 10 heteroatoms. The van der Waals surface area contributed by atoms with Crippen molar-refractivity contribution in [3.05, 3.63) is 47.8 Å². The van der Waals surface area contributed by atoms with Gasteiger partial charge in [0.25, 0.3) is 5.91 Å². The van der Waals surface area contributed by atoms with Crippen LogP contribution < -0.4 is 5.32 Å². The number of carbonyl (C=O) groups excluding carboxylic acids is 3. The average Bonchev–Trinajstić information content (AvgIpc) is 3.46. The summed E-state index contributed by atoms with van der Waals surface area (Å²) in [6, 6.07) is 6.72. The van der Waals surface area contributed by atoms with Crippen molar-refractivity contribution in [2.45, 2.75) is 26.7 Å². The van der Waals surface area contributed by atoms with Crippen LogP contribution in [0.1, 0.15) is 47.4 Å². The van der Waals surface area contributed by atoms with Crippen LogP contribution in [0.25, 0.3) is 0 Å². The zero-order valence-electron chi connectivity index (χ0n) is 17.5. The molecule has 1 N–H and O–H groups in total. The number of benzene rings is 1. The van der Waals surface area contributed by atoms with Gasteiger partial charge in [0.05, 0.1) is 30.7 Å². The predicted octanol–water partition coefficient (Wildman–Crippen LogP) is 2.58. The molecule has 0 saturated carbocycles. The van der Waals surface area contributed by atoms with Crippen molar-refractivity contribution >= 4 is 29.6 Å². The summed E-state index contributed by atoms with van der Waals surface area (Å²) in [4.78, 5) is 42.6. The van der Waals surface area contributed by atoms with Crippen molar-refractivity contribution in [2.75, 3.05) is 26.3 Å². The number of nitrogens with zero attached hydrogens (tertiary/aromatic N) is 4. The lowest BCUT2D eigenvalue weighted by Crippen LogP contribution is -2.36. The molecule has 1 aromatic carbocycles. The minimum atomic E-state index is -0.713. The monoisotopic (exact) mass is 427 g/mol. The highest BCUT2D eigenvalue weighted by Gasteiger charge is 2.19. The fourth-order valence-corrected chi connectivity index (χ4v) is 3.06. The third kappa shape index (κ3) is 5.68. The first-order valence-corrected chi connectivity index (χ1v) is 10.2. The molecule has 31 heavy (non-hydrogen) atoms. The highest BCUT2D eigenvalue weighted by Crippen LogP contribution is 2.17. The van der Waals surface area contributed by atoms with Gasteiger partial charge in [-0.1, -0.05) is 0 Å². The number of esters is 1. The summed E-state index contributed by atoms with van der Waals surface area (Å²) < 4.78 is 11.1. The molecule has 0 spiro atoms. The van der Waals surface area contributed by atoms with Crippen molar-refractivity contribution in [1.82, 2.24) is 20.0 Å². The second-order valence-electron chi connectivity index (χ2n) is 6.72. The Kier molecular flexibility index (Phi) is 7.36. The van der Waals surface area contributed by atoms with E-state index >= 15 is 0 Å². The Balaban J connectivity index is 1.83. The normalized spacial score (nSPS) is 13.7. The molecule has 1 aromatic heterocycles. The number of carbonyl (C=O) groups is 3. The molecule has 2 aromatic rings. The Morgan fingerprint density at radius 2 is 1.71 bits per heavy atom. The number of nitrogens with one attached hydrogen (secondary N) is 1. The molecule has 0 aliphatic carbocycles. The van der Waals surface area contributed by atoms with Gasteiger partial charge in [0, 0.05) is 24.8 Å². The molecular weight excluding hydrogens is 402 g/mol. The molecule has 1 fully saturated rings. The molecule has 0 unspecified atom stereocenters. The van der Waals surface area contributed by atoms with Crippen LogP contribution in [0.3, 0.4) is 0 Å². The molecule has 3 rings (SSSR count). The van der Waals surface area contributed by atoms with E-state index in [9.17, 15) is 14.4 Å². The number of rotatable bonds is 5. The second kappa shape index (κ2) is 10.4. The molecule has 2 heterocycles. The summed E-state index contributed by atoms with van der Waals surface area (Å²) in [5.41, 5.74) is 1.27. The molecule has 10 nitrogen and oxygen atoms in total. The molecule has 0 radical (unpaired) electrons. The van der Waals surface area contributed by atoms with E-state index in [1.54, 1.807) is 38.1 Å². The third-order valence-electron chi connectivity index (χ3n) is 4.54. The van der Waals surface area contributed by atoms with Gasteiger partial charge in [-0.15, -0.1) is 0 Å². The van der Waals surface area contributed by atoms with Crippen molar-refractivity contribution in [3.8, 4) is 0 Å². The van der Waals surface area contributed by atoms with Crippen molar-refractivity contribution in [1.29, 1.82) is 0 Å². The van der Waals surface area contributed by atoms with E-state index in [0.29, 0.717) is 11.3 Å². The number of amides is 2. The van der Waals surface area contributed by atoms with Crippen LogP contribution in [0.5, 0.6) is 0 Å². The van der Waals surface area contributed by atoms with Gasteiger partial charge in [-0.25, -0.2) is 19.3 Å². The first-order chi connectivity index (χ1) is 15.0. The van der Waals surface area contributed by atoms with Gasteiger partial charge in [0.1, 0.15) is 0 Å². The van der Waals surface area contributed by atoms with E-state index in [4.69, 9.17) is 9.47 Å². The minimum Gasteiger partial charge on any atom is -0.462 e.